The molecular weight excluding hydrogens is 124 g/mol. The molecule has 9 heavy (non-hydrogen) atoms. The molecule has 1 aliphatic heterocycles. The monoisotopic (exact) mass is 132 g/mol. The lowest BCUT2D eigenvalue weighted by molar-refractivity contribution is -0.147. The van der Waals surface area contributed by atoms with Crippen molar-refractivity contribution in [2.75, 3.05) is 19.8 Å². The first-order valence-corrected chi connectivity index (χ1v) is 2.71. The lowest BCUT2D eigenvalue weighted by Gasteiger charge is -1.96. The summed E-state index contributed by atoms with van der Waals surface area (Å²) in [4.78, 5) is 10.2. The van der Waals surface area contributed by atoms with Crippen molar-refractivity contribution in [3.8, 4) is 0 Å². The van der Waals surface area contributed by atoms with Crippen LogP contribution in [0.5, 0.6) is 0 Å². The Morgan fingerprint density at radius 3 is 3.00 bits per heavy atom. The van der Waals surface area contributed by atoms with Crippen LogP contribution in [0.4, 0.5) is 0 Å². The Morgan fingerprint density at radius 1 is 1.89 bits per heavy atom. The van der Waals surface area contributed by atoms with Gasteiger partial charge in [0.2, 0.25) is 0 Å². The minimum absolute atomic E-state index is 0.0838. The Bertz CT molecular complexity index is 108. The molecule has 1 atom stereocenters. The second kappa shape index (κ2) is 2.80. The molecule has 1 N–H and O–H groups in total. The molecule has 1 fully saturated rings. The highest BCUT2D eigenvalue weighted by molar-refractivity contribution is 5.70. The largest absolute Gasteiger partial charge is 0.461 e. The highest BCUT2D eigenvalue weighted by Crippen LogP contribution is 2.07. The van der Waals surface area contributed by atoms with Crippen molar-refractivity contribution in [3.05, 3.63) is 0 Å². The van der Waals surface area contributed by atoms with Gasteiger partial charge in [0, 0.05) is 0 Å². The molecule has 0 bridgehead atoms. The van der Waals surface area contributed by atoms with Crippen molar-refractivity contribution < 1.29 is 19.4 Å². The van der Waals surface area contributed by atoms with Gasteiger partial charge in [-0.05, 0) is 0 Å². The summed E-state index contributed by atoms with van der Waals surface area (Å²) in [6, 6.07) is 0. The maximum Gasteiger partial charge on any atom is 0.331 e. The lowest BCUT2D eigenvalue weighted by atomic mass is 10.5. The van der Waals surface area contributed by atoms with Crippen molar-refractivity contribution >= 4 is 5.97 Å². The Morgan fingerprint density at radius 2 is 2.56 bits per heavy atom. The quantitative estimate of drug-likeness (QED) is 0.392. The van der Waals surface area contributed by atoms with E-state index in [1.165, 1.54) is 0 Å². The van der Waals surface area contributed by atoms with E-state index in [-0.39, 0.29) is 12.7 Å². The van der Waals surface area contributed by atoms with Crippen LogP contribution in [0, 0.1) is 0 Å². The van der Waals surface area contributed by atoms with E-state index < -0.39 is 12.6 Å². The summed E-state index contributed by atoms with van der Waals surface area (Å²) in [5.41, 5.74) is 0. The van der Waals surface area contributed by atoms with Gasteiger partial charge in [-0.3, -0.25) is 0 Å². The number of aliphatic hydroxyl groups is 1. The number of carbonyl (C=O) groups is 1. The second-order valence-corrected chi connectivity index (χ2v) is 1.80. The SMILES string of the molecule is O=C(CO)OCC1CO1. The number of hydrogen-bond acceptors (Lipinski definition) is 4. The van der Waals surface area contributed by atoms with Crippen molar-refractivity contribution in [2.45, 2.75) is 6.10 Å². The summed E-state index contributed by atoms with van der Waals surface area (Å²) in [6.07, 6.45) is 0.0838. The molecule has 0 saturated carbocycles. The molecule has 1 unspecified atom stereocenters. The fourth-order valence-corrected chi connectivity index (χ4v) is 0.396. The number of aliphatic hydroxyl groups excluding tert-OH is 1. The van der Waals surface area contributed by atoms with Gasteiger partial charge in [-0.25, -0.2) is 4.79 Å². The van der Waals surface area contributed by atoms with Gasteiger partial charge in [0.05, 0.1) is 6.61 Å². The Labute approximate surface area is 52.4 Å². The molecule has 1 rings (SSSR count). The molecule has 1 heterocycles. The molecule has 0 radical (unpaired) electrons. The van der Waals surface area contributed by atoms with Crippen LogP contribution in [0.2, 0.25) is 0 Å². The zero-order valence-electron chi connectivity index (χ0n) is 4.87. The minimum Gasteiger partial charge on any atom is -0.461 e. The first-order chi connectivity index (χ1) is 4.33. The zero-order chi connectivity index (χ0) is 6.69. The summed E-state index contributed by atoms with van der Waals surface area (Å²) in [5, 5.41) is 8.15. The topological polar surface area (TPSA) is 59.1 Å². The minimum atomic E-state index is -0.592. The molecule has 52 valence electrons. The molecule has 1 aliphatic rings. The number of hydrogen-bond donors (Lipinski definition) is 1. The molecule has 0 aliphatic carbocycles. The van der Waals surface area contributed by atoms with Gasteiger partial charge in [0.15, 0.2) is 0 Å². The number of rotatable bonds is 3. The van der Waals surface area contributed by atoms with Gasteiger partial charge in [0.25, 0.3) is 0 Å². The zero-order valence-corrected chi connectivity index (χ0v) is 4.87. The van der Waals surface area contributed by atoms with E-state index in [0.29, 0.717) is 6.61 Å². The first-order valence-electron chi connectivity index (χ1n) is 2.71. The van der Waals surface area contributed by atoms with Gasteiger partial charge in [-0.15, -0.1) is 0 Å². The molecule has 0 amide bonds. The molecule has 0 aromatic heterocycles. The maximum atomic E-state index is 10.2. The fourth-order valence-electron chi connectivity index (χ4n) is 0.396. The molecule has 0 spiro atoms. The van der Waals surface area contributed by atoms with Crippen LogP contribution in [0.15, 0.2) is 0 Å². The van der Waals surface area contributed by atoms with E-state index in [9.17, 15) is 4.79 Å². The van der Waals surface area contributed by atoms with Crippen LogP contribution in [-0.4, -0.2) is 37.0 Å². The van der Waals surface area contributed by atoms with Gasteiger partial charge in [-0.2, -0.15) is 0 Å². The van der Waals surface area contributed by atoms with Crippen LogP contribution in [-0.2, 0) is 14.3 Å². The maximum absolute atomic E-state index is 10.2. The molecule has 4 heteroatoms. The highest BCUT2D eigenvalue weighted by Gasteiger charge is 2.23. The predicted octanol–water partition coefficient (Wildman–Crippen LogP) is -1.08. The van der Waals surface area contributed by atoms with Gasteiger partial charge >= 0.3 is 5.97 Å². The molecule has 0 aromatic rings. The van der Waals surface area contributed by atoms with Gasteiger partial charge in [0.1, 0.15) is 19.3 Å². The van der Waals surface area contributed by atoms with Crippen LogP contribution in [0.3, 0.4) is 0 Å². The van der Waals surface area contributed by atoms with E-state index in [1.54, 1.807) is 0 Å². The normalized spacial score (nSPS) is 23.4. The molecular formula is C5H8O4. The number of epoxide rings is 1. The first kappa shape index (κ1) is 6.51. The summed E-state index contributed by atoms with van der Waals surface area (Å²) >= 11 is 0. The third kappa shape index (κ3) is 2.43. The Kier molecular flexibility index (Phi) is 2.02. The van der Waals surface area contributed by atoms with Gasteiger partial charge < -0.3 is 14.6 Å². The number of ether oxygens (including phenoxy) is 2. The molecule has 4 nitrogen and oxygen atoms in total. The highest BCUT2D eigenvalue weighted by atomic mass is 16.6. The number of carbonyl (C=O) groups excluding carboxylic acids is 1. The predicted molar refractivity (Wildman–Crippen MR) is 27.8 cm³/mol. The van der Waals surface area contributed by atoms with Gasteiger partial charge in [-0.1, -0.05) is 0 Å². The van der Waals surface area contributed by atoms with Crippen LogP contribution in [0.25, 0.3) is 0 Å². The lowest BCUT2D eigenvalue weighted by Crippen LogP contribution is -2.12. The summed E-state index contributed by atoms with van der Waals surface area (Å²) in [7, 11) is 0. The summed E-state index contributed by atoms with van der Waals surface area (Å²) in [5.74, 6) is -0.592. The smallest absolute Gasteiger partial charge is 0.331 e. The number of esters is 1. The molecule has 0 aromatic carbocycles. The van der Waals surface area contributed by atoms with E-state index in [0.717, 1.165) is 0 Å². The van der Waals surface area contributed by atoms with Crippen LogP contribution in [0.1, 0.15) is 0 Å². The van der Waals surface area contributed by atoms with Crippen LogP contribution >= 0.6 is 0 Å². The van der Waals surface area contributed by atoms with Crippen LogP contribution < -0.4 is 0 Å². The van der Waals surface area contributed by atoms with Crippen molar-refractivity contribution in [2.24, 2.45) is 0 Å². The second-order valence-electron chi connectivity index (χ2n) is 1.80. The summed E-state index contributed by atoms with van der Waals surface area (Å²) in [6.45, 7) is 0.394. The third-order valence-electron chi connectivity index (χ3n) is 0.962. The average Bonchev–Trinajstić information content (AvgIpc) is 2.65. The van der Waals surface area contributed by atoms with Crippen molar-refractivity contribution in [1.82, 2.24) is 0 Å². The molecule has 1 saturated heterocycles. The standard InChI is InChI=1S/C5H8O4/c6-1-5(7)9-3-4-2-8-4/h4,6H,1-3H2. The third-order valence-corrected chi connectivity index (χ3v) is 0.962. The van der Waals surface area contributed by atoms with E-state index in [1.807, 2.05) is 0 Å². The van der Waals surface area contributed by atoms with E-state index >= 15 is 0 Å². The average molecular weight is 132 g/mol. The van der Waals surface area contributed by atoms with E-state index in [4.69, 9.17) is 9.84 Å². The Hall–Kier alpha value is -0.610. The fraction of sp³-hybridized carbons (Fsp3) is 0.800. The Balaban J connectivity index is 1.96. The van der Waals surface area contributed by atoms with E-state index in [2.05, 4.69) is 4.74 Å². The van der Waals surface area contributed by atoms with Crippen molar-refractivity contribution in [1.29, 1.82) is 0 Å². The van der Waals surface area contributed by atoms with Crippen molar-refractivity contribution in [3.63, 3.8) is 0 Å². The summed E-state index contributed by atoms with van der Waals surface area (Å²) < 4.78 is 9.25.